The van der Waals surface area contributed by atoms with Gasteiger partial charge in [-0.2, -0.15) is 0 Å². The third-order valence-corrected chi connectivity index (χ3v) is 4.37. The molecule has 0 spiro atoms. The molecule has 1 atom stereocenters. The highest BCUT2D eigenvalue weighted by atomic mass is 32.1. The number of nitrogens with zero attached hydrogens (tertiary/aromatic N) is 1. The van der Waals surface area contributed by atoms with Crippen molar-refractivity contribution in [2.45, 2.75) is 19.9 Å². The van der Waals surface area contributed by atoms with Crippen LogP contribution in [0.2, 0.25) is 0 Å². The zero-order valence-electron chi connectivity index (χ0n) is 11.3. The van der Waals surface area contributed by atoms with E-state index in [4.69, 9.17) is 0 Å². The molecule has 1 heterocycles. The van der Waals surface area contributed by atoms with Gasteiger partial charge in [0.25, 0.3) is 5.91 Å². The third kappa shape index (κ3) is 2.63. The van der Waals surface area contributed by atoms with Crippen molar-refractivity contribution in [3.63, 3.8) is 0 Å². The zero-order chi connectivity index (χ0) is 14.0. The maximum absolute atomic E-state index is 12.4. The van der Waals surface area contributed by atoms with Crippen molar-refractivity contribution in [1.29, 1.82) is 0 Å². The predicted octanol–water partition coefficient (Wildman–Crippen LogP) is 3.60. The summed E-state index contributed by atoms with van der Waals surface area (Å²) in [5.41, 5.74) is 1.06. The summed E-state index contributed by atoms with van der Waals surface area (Å²) < 4.78 is 0. The third-order valence-electron chi connectivity index (χ3n) is 3.32. The molecular weight excluding hydrogens is 258 g/mol. The van der Waals surface area contributed by atoms with E-state index in [9.17, 15) is 9.90 Å². The Morgan fingerprint density at radius 1 is 1.32 bits per heavy atom. The number of carbonyl (C=O) groups is 1. The summed E-state index contributed by atoms with van der Waals surface area (Å²) in [6.45, 7) is 3.77. The molecule has 1 N–H and O–H groups in total. The summed E-state index contributed by atoms with van der Waals surface area (Å²) >= 11 is 1.62. The summed E-state index contributed by atoms with van der Waals surface area (Å²) in [4.78, 5) is 15.2. The van der Waals surface area contributed by atoms with Crippen LogP contribution >= 0.6 is 11.3 Å². The molecule has 0 aliphatic carbocycles. The molecule has 2 rings (SSSR count). The van der Waals surface area contributed by atoms with Crippen LogP contribution in [0.25, 0.3) is 0 Å². The van der Waals surface area contributed by atoms with Crippen LogP contribution in [0.1, 0.15) is 33.8 Å². The van der Waals surface area contributed by atoms with Gasteiger partial charge in [-0.05, 0) is 36.9 Å². The van der Waals surface area contributed by atoms with Crippen LogP contribution in [0.4, 0.5) is 0 Å². The fourth-order valence-corrected chi connectivity index (χ4v) is 2.74. The number of phenolic OH excluding ortho intramolecular Hbond substituents is 1. The molecule has 100 valence electrons. The van der Waals surface area contributed by atoms with Gasteiger partial charge in [0.05, 0.1) is 11.6 Å². The fraction of sp³-hybridized carbons (Fsp3) is 0.267. The van der Waals surface area contributed by atoms with Crippen LogP contribution in [-0.4, -0.2) is 23.0 Å². The van der Waals surface area contributed by atoms with Crippen LogP contribution in [0.5, 0.6) is 5.75 Å². The van der Waals surface area contributed by atoms with E-state index in [1.54, 1.807) is 48.4 Å². The van der Waals surface area contributed by atoms with E-state index in [0.29, 0.717) is 11.1 Å². The smallest absolute Gasteiger partial charge is 0.257 e. The monoisotopic (exact) mass is 275 g/mol. The molecular formula is C15H17NO2S. The molecule has 0 bridgehead atoms. The Morgan fingerprint density at radius 3 is 2.68 bits per heavy atom. The van der Waals surface area contributed by atoms with Crippen LogP contribution in [0, 0.1) is 6.92 Å². The van der Waals surface area contributed by atoms with E-state index in [1.165, 1.54) is 0 Å². The molecule has 0 saturated heterocycles. The summed E-state index contributed by atoms with van der Waals surface area (Å²) in [5, 5.41) is 12.0. The van der Waals surface area contributed by atoms with Crippen molar-refractivity contribution in [2.75, 3.05) is 7.05 Å². The number of amides is 1. The lowest BCUT2D eigenvalue weighted by Crippen LogP contribution is -2.29. The van der Waals surface area contributed by atoms with Gasteiger partial charge >= 0.3 is 0 Å². The largest absolute Gasteiger partial charge is 0.507 e. The molecule has 0 saturated carbocycles. The van der Waals surface area contributed by atoms with Crippen LogP contribution in [0.15, 0.2) is 35.7 Å². The average molecular weight is 275 g/mol. The first-order chi connectivity index (χ1) is 9.02. The van der Waals surface area contributed by atoms with Crippen LogP contribution in [0.3, 0.4) is 0 Å². The van der Waals surface area contributed by atoms with E-state index in [2.05, 4.69) is 0 Å². The van der Waals surface area contributed by atoms with E-state index in [-0.39, 0.29) is 17.7 Å². The molecule has 1 amide bonds. The number of carbonyl (C=O) groups excluding carboxylic acids is 1. The summed E-state index contributed by atoms with van der Waals surface area (Å²) in [7, 11) is 1.76. The predicted molar refractivity (Wildman–Crippen MR) is 77.7 cm³/mol. The lowest BCUT2D eigenvalue weighted by Gasteiger charge is -2.24. The molecule has 1 unspecified atom stereocenters. The fourth-order valence-electron chi connectivity index (χ4n) is 1.92. The van der Waals surface area contributed by atoms with Gasteiger partial charge in [-0.1, -0.05) is 18.2 Å². The summed E-state index contributed by atoms with van der Waals surface area (Å²) in [6, 6.07) is 9.20. The molecule has 0 fully saturated rings. The SMILES string of the molecule is Cc1cccc(C(=O)N(C)C(C)c2cccs2)c1O. The number of hydrogen-bond donors (Lipinski definition) is 1. The highest BCUT2D eigenvalue weighted by molar-refractivity contribution is 7.10. The van der Waals surface area contributed by atoms with Gasteiger partial charge in [-0.25, -0.2) is 0 Å². The molecule has 1 aromatic carbocycles. The lowest BCUT2D eigenvalue weighted by atomic mass is 10.1. The first-order valence-electron chi connectivity index (χ1n) is 6.11. The first-order valence-corrected chi connectivity index (χ1v) is 6.99. The molecule has 0 aliphatic heterocycles. The van der Waals surface area contributed by atoms with Gasteiger partial charge in [0.15, 0.2) is 0 Å². The number of rotatable bonds is 3. The molecule has 3 nitrogen and oxygen atoms in total. The van der Waals surface area contributed by atoms with Crippen LogP contribution in [-0.2, 0) is 0 Å². The number of aromatic hydroxyl groups is 1. The second-order valence-corrected chi connectivity index (χ2v) is 5.56. The maximum Gasteiger partial charge on any atom is 0.257 e. The van der Waals surface area contributed by atoms with Crippen molar-refractivity contribution in [3.05, 3.63) is 51.7 Å². The molecule has 0 aliphatic rings. The number of aryl methyl sites for hydroxylation is 1. The van der Waals surface area contributed by atoms with Crippen molar-refractivity contribution in [2.24, 2.45) is 0 Å². The highest BCUT2D eigenvalue weighted by Gasteiger charge is 2.22. The van der Waals surface area contributed by atoms with Gasteiger partial charge in [0, 0.05) is 11.9 Å². The van der Waals surface area contributed by atoms with Gasteiger partial charge in [-0.3, -0.25) is 4.79 Å². The quantitative estimate of drug-likeness (QED) is 0.930. The number of benzene rings is 1. The van der Waals surface area contributed by atoms with Gasteiger partial charge in [0.2, 0.25) is 0 Å². The van der Waals surface area contributed by atoms with Crippen molar-refractivity contribution < 1.29 is 9.90 Å². The highest BCUT2D eigenvalue weighted by Crippen LogP contribution is 2.28. The number of phenols is 1. The Balaban J connectivity index is 2.26. The Hall–Kier alpha value is -1.81. The number of para-hydroxylation sites is 1. The Morgan fingerprint density at radius 2 is 2.05 bits per heavy atom. The zero-order valence-corrected chi connectivity index (χ0v) is 12.1. The van der Waals surface area contributed by atoms with Gasteiger partial charge in [0.1, 0.15) is 5.75 Å². The Labute approximate surface area is 117 Å². The molecule has 0 radical (unpaired) electrons. The Bertz CT molecular complexity index is 578. The molecule has 4 heteroatoms. The topological polar surface area (TPSA) is 40.5 Å². The standard InChI is InChI=1S/C15H17NO2S/c1-10-6-4-7-12(14(10)17)15(18)16(3)11(2)13-8-5-9-19-13/h4-9,11,17H,1-3H3. The summed E-state index contributed by atoms with van der Waals surface area (Å²) in [5.74, 6) is -0.0974. The van der Waals surface area contributed by atoms with E-state index < -0.39 is 0 Å². The van der Waals surface area contributed by atoms with E-state index >= 15 is 0 Å². The van der Waals surface area contributed by atoms with Crippen molar-refractivity contribution >= 4 is 17.2 Å². The molecule has 2 aromatic rings. The minimum absolute atomic E-state index is 0.00703. The van der Waals surface area contributed by atoms with Gasteiger partial charge < -0.3 is 10.0 Å². The maximum atomic E-state index is 12.4. The van der Waals surface area contributed by atoms with Crippen molar-refractivity contribution in [3.8, 4) is 5.75 Å². The molecule has 19 heavy (non-hydrogen) atoms. The Kier molecular flexibility index (Phi) is 3.90. The van der Waals surface area contributed by atoms with Crippen molar-refractivity contribution in [1.82, 2.24) is 4.90 Å². The molecule has 1 aromatic heterocycles. The average Bonchev–Trinajstić information content (AvgIpc) is 2.93. The van der Waals surface area contributed by atoms with Crippen LogP contribution < -0.4 is 0 Å². The minimum Gasteiger partial charge on any atom is -0.507 e. The first kappa shape index (κ1) is 13.6. The normalized spacial score (nSPS) is 12.2. The number of hydrogen-bond acceptors (Lipinski definition) is 3. The number of thiophene rings is 1. The van der Waals surface area contributed by atoms with E-state index in [1.807, 2.05) is 24.4 Å². The summed E-state index contributed by atoms with van der Waals surface area (Å²) in [6.07, 6.45) is 0. The van der Waals surface area contributed by atoms with E-state index in [0.717, 1.165) is 4.88 Å². The lowest BCUT2D eigenvalue weighted by molar-refractivity contribution is 0.0741. The second kappa shape index (κ2) is 5.45. The second-order valence-electron chi connectivity index (χ2n) is 4.58. The minimum atomic E-state index is -0.165. The van der Waals surface area contributed by atoms with Gasteiger partial charge in [-0.15, -0.1) is 11.3 Å².